The van der Waals surface area contributed by atoms with Crippen molar-refractivity contribution in [3.63, 3.8) is 0 Å². The highest BCUT2D eigenvalue weighted by atomic mass is 16.6. The predicted octanol–water partition coefficient (Wildman–Crippen LogP) is 7.91. The van der Waals surface area contributed by atoms with Crippen molar-refractivity contribution in [1.29, 1.82) is 0 Å². The minimum absolute atomic E-state index is 0.0254. The molecule has 0 heterocycles. The largest absolute Gasteiger partial charge is 0.458 e. The van der Waals surface area contributed by atoms with E-state index in [9.17, 15) is 19.2 Å². The van der Waals surface area contributed by atoms with Gasteiger partial charge in [0.15, 0.2) is 0 Å². The molecule has 0 aliphatic heterocycles. The number of alkyl carbamates (subject to hydrolysis) is 1. The highest BCUT2D eigenvalue weighted by Gasteiger charge is 2.39. The van der Waals surface area contributed by atoms with E-state index in [4.69, 9.17) is 15.9 Å². The molecule has 0 spiro atoms. The first-order valence-electron chi connectivity index (χ1n) is 18.4. The fourth-order valence-electron chi connectivity index (χ4n) is 5.76. The van der Waals surface area contributed by atoms with Gasteiger partial charge in [-0.25, -0.2) is 9.59 Å². The molecule has 0 fully saturated rings. The van der Waals surface area contributed by atoms with Crippen molar-refractivity contribution in [2.24, 2.45) is 5.92 Å². The summed E-state index contributed by atoms with van der Waals surface area (Å²) >= 11 is 0. The molecule has 51 heavy (non-hydrogen) atoms. The Labute approximate surface area is 306 Å². The van der Waals surface area contributed by atoms with Crippen molar-refractivity contribution in [3.8, 4) is 12.3 Å². The molecule has 9 heteroatoms. The smallest absolute Gasteiger partial charge is 0.408 e. The summed E-state index contributed by atoms with van der Waals surface area (Å²) in [6.45, 7) is 16.9. The maximum Gasteiger partial charge on any atom is 0.408 e. The number of hydrogen-bond acceptors (Lipinski definition) is 6. The summed E-state index contributed by atoms with van der Waals surface area (Å²) in [4.78, 5) is 57.8. The van der Waals surface area contributed by atoms with Crippen LogP contribution in [0.25, 0.3) is 0 Å². The van der Waals surface area contributed by atoms with E-state index in [1.807, 2.05) is 44.2 Å². The average Bonchev–Trinajstić information content (AvgIpc) is 3.03. The summed E-state index contributed by atoms with van der Waals surface area (Å²) in [6.07, 6.45) is 11.5. The van der Waals surface area contributed by atoms with E-state index >= 15 is 0 Å². The molecule has 0 aliphatic rings. The lowest BCUT2D eigenvalue weighted by Gasteiger charge is -2.36. The second-order valence-electron chi connectivity index (χ2n) is 15.5. The molecule has 3 unspecified atom stereocenters. The molecular weight excluding hydrogens is 642 g/mol. The molecule has 0 aromatic heterocycles. The number of nitrogens with one attached hydrogen (secondary N) is 2. The summed E-state index contributed by atoms with van der Waals surface area (Å²) in [5.74, 6) is 1.09. The van der Waals surface area contributed by atoms with Gasteiger partial charge < -0.3 is 25.0 Å². The lowest BCUT2D eigenvalue weighted by molar-refractivity contribution is -0.159. The average molecular weight is 704 g/mol. The molecule has 3 amide bonds. The number of carbonyl (C=O) groups is 4. The predicted molar refractivity (Wildman–Crippen MR) is 203 cm³/mol. The van der Waals surface area contributed by atoms with Crippen LogP contribution in [0, 0.1) is 18.3 Å². The van der Waals surface area contributed by atoms with Gasteiger partial charge in [-0.3, -0.25) is 9.59 Å². The summed E-state index contributed by atoms with van der Waals surface area (Å²) in [6, 6.07) is 13.1. The third-order valence-electron chi connectivity index (χ3n) is 7.99. The zero-order chi connectivity index (χ0) is 38.2. The maximum atomic E-state index is 14.8. The van der Waals surface area contributed by atoms with Gasteiger partial charge in [0.05, 0.1) is 0 Å². The zero-order valence-electron chi connectivity index (χ0n) is 32.3. The van der Waals surface area contributed by atoms with Crippen molar-refractivity contribution in [3.05, 3.63) is 71.3 Å². The van der Waals surface area contributed by atoms with Crippen molar-refractivity contribution in [1.82, 2.24) is 15.5 Å². The van der Waals surface area contributed by atoms with Crippen LogP contribution < -0.4 is 10.6 Å². The molecule has 0 aliphatic carbocycles. The Kier molecular flexibility index (Phi) is 17.2. The highest BCUT2D eigenvalue weighted by molar-refractivity contribution is 5.94. The maximum absolute atomic E-state index is 14.8. The van der Waals surface area contributed by atoms with Gasteiger partial charge in [-0.1, -0.05) is 107 Å². The van der Waals surface area contributed by atoms with Crippen LogP contribution in [0.4, 0.5) is 4.79 Å². The number of carbonyl (C=O) groups excluding carboxylic acids is 4. The fourth-order valence-corrected chi connectivity index (χ4v) is 5.76. The van der Waals surface area contributed by atoms with Crippen molar-refractivity contribution in [2.45, 2.75) is 143 Å². The number of benzene rings is 2. The number of esters is 1. The minimum atomic E-state index is -1.21. The summed E-state index contributed by atoms with van der Waals surface area (Å²) in [5, 5.41) is 5.75. The standard InChI is InChI=1S/C42H61N3O6/c1-11-13-14-15-16-22-27-45(38(47)34(28-30(3)4)44-40(49)51-42(8,9)10)36(33-26-21-20-25-32(33)12-2)37(46)43-35(39(48)50-41(5,6)7)29-31-23-18-17-19-24-31/h2,17-21,23-26,30,34-36H,11,13-16,22,27-29H2,1,3-10H3,(H,43,46)(H,44,49). The normalized spacial score (nSPS) is 13.4. The molecule has 2 aromatic rings. The Bertz CT molecular complexity index is 1450. The van der Waals surface area contributed by atoms with E-state index < -0.39 is 53.2 Å². The topological polar surface area (TPSA) is 114 Å². The number of terminal acetylenes is 1. The van der Waals surface area contributed by atoms with Crippen LogP contribution in [0.3, 0.4) is 0 Å². The van der Waals surface area contributed by atoms with Crippen LogP contribution in [0.1, 0.15) is 130 Å². The monoisotopic (exact) mass is 703 g/mol. The lowest BCUT2D eigenvalue weighted by atomic mass is 9.95. The van der Waals surface area contributed by atoms with Crippen LogP contribution in [-0.4, -0.2) is 58.6 Å². The molecule has 0 bridgehead atoms. The molecule has 280 valence electrons. The first-order valence-corrected chi connectivity index (χ1v) is 18.4. The van der Waals surface area contributed by atoms with Gasteiger partial charge in [-0.05, 0) is 77.5 Å². The lowest BCUT2D eigenvalue weighted by Crippen LogP contribution is -2.55. The van der Waals surface area contributed by atoms with Crippen LogP contribution in [0.15, 0.2) is 54.6 Å². The number of ether oxygens (including phenoxy) is 2. The Morgan fingerprint density at radius 2 is 1.37 bits per heavy atom. The zero-order valence-corrected chi connectivity index (χ0v) is 32.3. The second-order valence-corrected chi connectivity index (χ2v) is 15.5. The number of amides is 3. The number of hydrogen-bond donors (Lipinski definition) is 2. The molecule has 0 saturated heterocycles. The minimum Gasteiger partial charge on any atom is -0.458 e. The van der Waals surface area contributed by atoms with Gasteiger partial charge in [0.2, 0.25) is 11.8 Å². The quantitative estimate of drug-likeness (QED) is 0.0927. The number of nitrogens with zero attached hydrogens (tertiary/aromatic N) is 1. The van der Waals surface area contributed by atoms with E-state index in [1.54, 1.807) is 65.8 Å². The van der Waals surface area contributed by atoms with E-state index in [0.717, 1.165) is 37.7 Å². The van der Waals surface area contributed by atoms with Crippen LogP contribution in [0.5, 0.6) is 0 Å². The van der Waals surface area contributed by atoms with Gasteiger partial charge in [0.1, 0.15) is 29.3 Å². The van der Waals surface area contributed by atoms with Crippen LogP contribution >= 0.6 is 0 Å². The van der Waals surface area contributed by atoms with Gasteiger partial charge in [0.25, 0.3) is 0 Å². The third kappa shape index (κ3) is 15.6. The first-order chi connectivity index (χ1) is 24.0. The SMILES string of the molecule is C#Cc1ccccc1C(C(=O)NC(Cc1ccccc1)C(=O)OC(C)(C)C)N(CCCCCCCC)C(=O)C(CC(C)C)NC(=O)OC(C)(C)C. The number of unbranched alkanes of at least 4 members (excludes halogenated alkanes) is 5. The van der Waals surface area contributed by atoms with Crippen LogP contribution in [-0.2, 0) is 30.3 Å². The van der Waals surface area contributed by atoms with Gasteiger partial charge in [-0.2, -0.15) is 0 Å². The Balaban J connectivity index is 2.69. The third-order valence-corrected chi connectivity index (χ3v) is 7.99. The molecule has 2 aromatic carbocycles. The Hall–Kier alpha value is -4.32. The molecule has 0 radical (unpaired) electrons. The second kappa shape index (κ2) is 20.5. The van der Waals surface area contributed by atoms with Gasteiger partial charge in [-0.15, -0.1) is 6.42 Å². The van der Waals surface area contributed by atoms with E-state index in [2.05, 4.69) is 23.5 Å². The Morgan fingerprint density at radius 1 is 0.784 bits per heavy atom. The number of rotatable bonds is 18. The van der Waals surface area contributed by atoms with E-state index in [0.29, 0.717) is 24.0 Å². The first kappa shape index (κ1) is 42.8. The van der Waals surface area contributed by atoms with Crippen molar-refractivity contribution < 1.29 is 28.7 Å². The van der Waals surface area contributed by atoms with E-state index in [1.165, 1.54) is 4.90 Å². The molecule has 3 atom stereocenters. The molecule has 2 rings (SSSR count). The fraction of sp³-hybridized carbons (Fsp3) is 0.571. The summed E-state index contributed by atoms with van der Waals surface area (Å²) in [7, 11) is 0. The van der Waals surface area contributed by atoms with Gasteiger partial charge in [0, 0.05) is 18.5 Å². The molecule has 0 saturated carbocycles. The van der Waals surface area contributed by atoms with Crippen molar-refractivity contribution >= 4 is 23.9 Å². The summed E-state index contributed by atoms with van der Waals surface area (Å²) < 4.78 is 11.3. The summed E-state index contributed by atoms with van der Waals surface area (Å²) in [5.41, 5.74) is 0.129. The molecular formula is C42H61N3O6. The van der Waals surface area contributed by atoms with Crippen LogP contribution in [0.2, 0.25) is 0 Å². The molecule has 9 nitrogen and oxygen atoms in total. The molecule has 2 N–H and O–H groups in total. The van der Waals surface area contributed by atoms with E-state index in [-0.39, 0.29) is 18.9 Å². The van der Waals surface area contributed by atoms with Crippen molar-refractivity contribution in [2.75, 3.05) is 6.54 Å². The van der Waals surface area contributed by atoms with Gasteiger partial charge >= 0.3 is 12.1 Å². The Morgan fingerprint density at radius 3 is 1.96 bits per heavy atom. The highest BCUT2D eigenvalue weighted by Crippen LogP contribution is 2.28.